The zero-order valence-corrected chi connectivity index (χ0v) is 10.0. The van der Waals surface area contributed by atoms with Crippen LogP contribution in [0.4, 0.5) is 0 Å². The van der Waals surface area contributed by atoms with Gasteiger partial charge in [0.1, 0.15) is 0 Å². The average molecular weight is 211 g/mol. The van der Waals surface area contributed by atoms with Gasteiger partial charge in [0.05, 0.1) is 0 Å². The Kier molecular flexibility index (Phi) is 4.42. The maximum atomic E-state index is 3.50. The van der Waals surface area contributed by atoms with E-state index < -0.39 is 0 Å². The van der Waals surface area contributed by atoms with Gasteiger partial charge in [0.15, 0.2) is 0 Å². The summed E-state index contributed by atoms with van der Waals surface area (Å²) in [5.74, 6) is 0. The van der Waals surface area contributed by atoms with E-state index in [0.29, 0.717) is 0 Å². The van der Waals surface area contributed by atoms with Crippen molar-refractivity contribution < 1.29 is 0 Å². The van der Waals surface area contributed by atoms with Crippen LogP contribution >= 0.6 is 0 Å². The second kappa shape index (κ2) is 5.83. The number of hydrogen-bond acceptors (Lipinski definition) is 3. The number of piperazine rings is 1. The highest BCUT2D eigenvalue weighted by Gasteiger charge is 2.21. The van der Waals surface area contributed by atoms with Crippen LogP contribution < -0.4 is 5.32 Å². The molecule has 0 aromatic heterocycles. The molecule has 88 valence electrons. The van der Waals surface area contributed by atoms with Gasteiger partial charge in [0, 0.05) is 32.2 Å². The molecule has 3 heteroatoms. The van der Waals surface area contributed by atoms with Gasteiger partial charge in [0.2, 0.25) is 0 Å². The zero-order valence-electron chi connectivity index (χ0n) is 10.0. The summed E-state index contributed by atoms with van der Waals surface area (Å²) in [6.07, 6.45) is 5.69. The Morgan fingerprint density at radius 3 is 2.47 bits per heavy atom. The van der Waals surface area contributed by atoms with Crippen molar-refractivity contribution in [3.05, 3.63) is 0 Å². The van der Waals surface area contributed by atoms with Crippen molar-refractivity contribution in [2.24, 2.45) is 0 Å². The van der Waals surface area contributed by atoms with Crippen LogP contribution in [0.2, 0.25) is 0 Å². The summed E-state index contributed by atoms with van der Waals surface area (Å²) >= 11 is 0. The van der Waals surface area contributed by atoms with Gasteiger partial charge in [-0.25, -0.2) is 0 Å². The van der Waals surface area contributed by atoms with Gasteiger partial charge in [-0.1, -0.05) is 12.8 Å². The molecule has 2 aliphatic rings. The number of likely N-dealkylation sites (N-methyl/N-ethyl adjacent to an activating group) is 1. The normalized spacial score (nSPS) is 31.4. The van der Waals surface area contributed by atoms with Crippen LogP contribution in [-0.2, 0) is 0 Å². The predicted octanol–water partition coefficient (Wildman–Crippen LogP) is 0.766. The van der Waals surface area contributed by atoms with Gasteiger partial charge in [-0.3, -0.25) is 4.90 Å². The Bertz CT molecular complexity index is 176. The Morgan fingerprint density at radius 2 is 1.80 bits per heavy atom. The fourth-order valence-electron chi connectivity index (χ4n) is 2.68. The minimum Gasteiger partial charge on any atom is -0.314 e. The van der Waals surface area contributed by atoms with Crippen LogP contribution in [0.25, 0.3) is 0 Å². The number of nitrogens with zero attached hydrogens (tertiary/aromatic N) is 2. The summed E-state index contributed by atoms with van der Waals surface area (Å²) in [6.45, 7) is 7.46. The molecule has 0 bridgehead atoms. The van der Waals surface area contributed by atoms with E-state index in [4.69, 9.17) is 0 Å². The van der Waals surface area contributed by atoms with Crippen molar-refractivity contribution in [1.82, 2.24) is 15.1 Å². The van der Waals surface area contributed by atoms with Crippen molar-refractivity contribution in [2.45, 2.75) is 31.7 Å². The van der Waals surface area contributed by atoms with Crippen molar-refractivity contribution in [1.29, 1.82) is 0 Å². The maximum Gasteiger partial charge on any atom is 0.0345 e. The second-order valence-corrected chi connectivity index (χ2v) is 5.05. The summed E-state index contributed by atoms with van der Waals surface area (Å²) in [7, 11) is 2.27. The number of rotatable bonds is 2. The molecule has 2 saturated heterocycles. The highest BCUT2D eigenvalue weighted by molar-refractivity contribution is 4.81. The van der Waals surface area contributed by atoms with Gasteiger partial charge in [-0.15, -0.1) is 0 Å². The number of likely N-dealkylation sites (tertiary alicyclic amines) is 1. The molecular weight excluding hydrogens is 186 g/mol. The number of nitrogens with one attached hydrogen (secondary N) is 1. The van der Waals surface area contributed by atoms with Gasteiger partial charge in [0.25, 0.3) is 0 Å². The van der Waals surface area contributed by atoms with Crippen molar-refractivity contribution in [3.8, 4) is 0 Å². The Balaban J connectivity index is 1.78. The molecule has 0 radical (unpaired) electrons. The SMILES string of the molecule is CN1CCNCC1CN1CCCCCC1. The third kappa shape index (κ3) is 3.44. The lowest BCUT2D eigenvalue weighted by atomic mass is 10.2. The largest absolute Gasteiger partial charge is 0.314 e. The molecule has 1 unspecified atom stereocenters. The average Bonchev–Trinajstić information content (AvgIpc) is 2.50. The molecule has 0 spiro atoms. The highest BCUT2D eigenvalue weighted by Crippen LogP contribution is 2.11. The number of hydrogen-bond donors (Lipinski definition) is 1. The molecule has 0 amide bonds. The van der Waals surface area contributed by atoms with E-state index in [9.17, 15) is 0 Å². The Labute approximate surface area is 93.8 Å². The Morgan fingerprint density at radius 1 is 1.07 bits per heavy atom. The lowest BCUT2D eigenvalue weighted by Gasteiger charge is -2.36. The van der Waals surface area contributed by atoms with Gasteiger partial charge < -0.3 is 10.2 Å². The Hall–Kier alpha value is -0.120. The molecule has 0 aliphatic carbocycles. The molecular formula is C12H25N3. The third-order valence-corrected chi connectivity index (χ3v) is 3.81. The fourth-order valence-corrected chi connectivity index (χ4v) is 2.68. The molecule has 1 N–H and O–H groups in total. The molecule has 0 aromatic rings. The molecule has 0 aromatic carbocycles. The summed E-state index contributed by atoms with van der Waals surface area (Å²) in [5.41, 5.74) is 0. The van der Waals surface area contributed by atoms with Gasteiger partial charge in [-0.2, -0.15) is 0 Å². The molecule has 0 saturated carbocycles. The van der Waals surface area contributed by atoms with Crippen molar-refractivity contribution in [3.63, 3.8) is 0 Å². The lowest BCUT2D eigenvalue weighted by molar-refractivity contribution is 0.141. The monoisotopic (exact) mass is 211 g/mol. The van der Waals surface area contributed by atoms with E-state index >= 15 is 0 Å². The minimum atomic E-state index is 0.733. The predicted molar refractivity (Wildman–Crippen MR) is 64.2 cm³/mol. The van der Waals surface area contributed by atoms with Gasteiger partial charge >= 0.3 is 0 Å². The van der Waals surface area contributed by atoms with Crippen LogP contribution in [-0.4, -0.2) is 62.2 Å². The summed E-state index contributed by atoms with van der Waals surface area (Å²) in [6, 6.07) is 0.733. The first kappa shape index (κ1) is 11.4. The molecule has 2 fully saturated rings. The maximum absolute atomic E-state index is 3.50. The van der Waals surface area contributed by atoms with E-state index in [1.54, 1.807) is 0 Å². The molecule has 1 atom stereocenters. The second-order valence-electron chi connectivity index (χ2n) is 5.05. The first-order chi connectivity index (χ1) is 7.36. The van der Waals surface area contributed by atoms with Crippen molar-refractivity contribution >= 4 is 0 Å². The van der Waals surface area contributed by atoms with E-state index in [0.717, 1.165) is 12.6 Å². The quantitative estimate of drug-likeness (QED) is 0.728. The first-order valence-corrected chi connectivity index (χ1v) is 6.49. The smallest absolute Gasteiger partial charge is 0.0345 e. The van der Waals surface area contributed by atoms with E-state index in [1.807, 2.05) is 0 Å². The van der Waals surface area contributed by atoms with E-state index in [1.165, 1.54) is 58.4 Å². The van der Waals surface area contributed by atoms with Crippen LogP contribution in [0.15, 0.2) is 0 Å². The topological polar surface area (TPSA) is 18.5 Å². The van der Waals surface area contributed by atoms with Crippen LogP contribution in [0.3, 0.4) is 0 Å². The molecule has 3 nitrogen and oxygen atoms in total. The van der Waals surface area contributed by atoms with E-state index in [2.05, 4.69) is 22.2 Å². The minimum absolute atomic E-state index is 0.733. The standard InChI is InChI=1S/C12H25N3/c1-14-9-6-13-10-12(14)11-15-7-4-2-3-5-8-15/h12-13H,2-11H2,1H3. The summed E-state index contributed by atoms with van der Waals surface area (Å²) in [4.78, 5) is 5.18. The van der Waals surface area contributed by atoms with Crippen LogP contribution in [0.1, 0.15) is 25.7 Å². The van der Waals surface area contributed by atoms with E-state index in [-0.39, 0.29) is 0 Å². The first-order valence-electron chi connectivity index (χ1n) is 6.49. The third-order valence-electron chi connectivity index (χ3n) is 3.81. The molecule has 2 heterocycles. The summed E-state index contributed by atoms with van der Waals surface area (Å²) < 4.78 is 0. The lowest BCUT2D eigenvalue weighted by Crippen LogP contribution is -2.54. The van der Waals surface area contributed by atoms with Crippen LogP contribution in [0.5, 0.6) is 0 Å². The summed E-state index contributed by atoms with van der Waals surface area (Å²) in [5, 5.41) is 3.50. The fraction of sp³-hybridized carbons (Fsp3) is 1.00. The van der Waals surface area contributed by atoms with Crippen LogP contribution in [0, 0.1) is 0 Å². The van der Waals surface area contributed by atoms with Crippen molar-refractivity contribution in [2.75, 3.05) is 46.3 Å². The molecule has 2 rings (SSSR count). The molecule has 2 aliphatic heterocycles. The zero-order chi connectivity index (χ0) is 10.5. The van der Waals surface area contributed by atoms with Gasteiger partial charge in [-0.05, 0) is 33.0 Å². The molecule has 15 heavy (non-hydrogen) atoms. The highest BCUT2D eigenvalue weighted by atomic mass is 15.2.